The van der Waals surface area contributed by atoms with Crippen molar-refractivity contribution in [3.8, 4) is 0 Å². The summed E-state index contributed by atoms with van der Waals surface area (Å²) in [6.45, 7) is 2.01. The van der Waals surface area contributed by atoms with Gasteiger partial charge in [-0.3, -0.25) is 4.79 Å². The number of thiazole rings is 1. The lowest BCUT2D eigenvalue weighted by Gasteiger charge is -2.04. The van der Waals surface area contributed by atoms with Gasteiger partial charge in [-0.1, -0.05) is 23.8 Å². The van der Waals surface area contributed by atoms with Crippen LogP contribution in [0.25, 0.3) is 0 Å². The molecule has 0 spiro atoms. The Hall–Kier alpha value is -2.73. The second-order valence-electron chi connectivity index (χ2n) is 5.07. The molecule has 2 heterocycles. The molecule has 1 aromatic carbocycles. The number of carbonyl (C=O) groups excluding carboxylic acids is 1. The average Bonchev–Trinajstić information content (AvgIpc) is 2.97. The Morgan fingerprint density at radius 3 is 2.74 bits per heavy atom. The summed E-state index contributed by atoms with van der Waals surface area (Å²) in [5.74, 6) is 0.654. The van der Waals surface area contributed by atoms with Gasteiger partial charge in [-0.2, -0.15) is 0 Å². The number of nitrogens with zero attached hydrogens (tertiary/aromatic N) is 2. The standard InChI is InChI=1S/C17H16N4OS/c1-12-5-7-13(8-6-12)19-16(22)10-14-11-23-17(20-14)21-15-4-2-3-9-18-15/h2-9,11H,10H2,1H3,(H,19,22)(H,18,20,21). The van der Waals surface area contributed by atoms with Crippen LogP contribution in [0.1, 0.15) is 11.3 Å². The van der Waals surface area contributed by atoms with E-state index < -0.39 is 0 Å². The van der Waals surface area contributed by atoms with Crippen molar-refractivity contribution in [2.24, 2.45) is 0 Å². The summed E-state index contributed by atoms with van der Waals surface area (Å²) in [5, 5.41) is 8.59. The predicted octanol–water partition coefficient (Wildman–Crippen LogP) is 3.77. The molecule has 2 aromatic heterocycles. The Labute approximate surface area is 138 Å². The lowest BCUT2D eigenvalue weighted by molar-refractivity contribution is -0.115. The van der Waals surface area contributed by atoms with E-state index in [1.165, 1.54) is 11.3 Å². The monoisotopic (exact) mass is 324 g/mol. The van der Waals surface area contributed by atoms with Crippen LogP contribution >= 0.6 is 11.3 Å². The zero-order chi connectivity index (χ0) is 16.1. The summed E-state index contributed by atoms with van der Waals surface area (Å²) in [4.78, 5) is 20.6. The molecular weight excluding hydrogens is 308 g/mol. The highest BCUT2D eigenvalue weighted by Gasteiger charge is 2.08. The topological polar surface area (TPSA) is 66.9 Å². The molecule has 0 aliphatic rings. The number of hydrogen-bond acceptors (Lipinski definition) is 5. The summed E-state index contributed by atoms with van der Waals surface area (Å²) in [7, 11) is 0. The van der Waals surface area contributed by atoms with Crippen LogP contribution in [0.15, 0.2) is 54.0 Å². The number of hydrogen-bond donors (Lipinski definition) is 2. The molecule has 0 saturated carbocycles. The maximum absolute atomic E-state index is 12.1. The van der Waals surface area contributed by atoms with Crippen LogP contribution in [0.3, 0.4) is 0 Å². The van der Waals surface area contributed by atoms with E-state index in [0.717, 1.165) is 27.9 Å². The first kappa shape index (κ1) is 15.2. The van der Waals surface area contributed by atoms with Gasteiger partial charge in [-0.15, -0.1) is 11.3 Å². The Kier molecular flexibility index (Phi) is 4.63. The number of carbonyl (C=O) groups is 1. The molecule has 116 valence electrons. The van der Waals surface area contributed by atoms with Crippen LogP contribution in [0.4, 0.5) is 16.6 Å². The number of anilines is 3. The third kappa shape index (κ3) is 4.37. The number of aromatic nitrogens is 2. The third-order valence-electron chi connectivity index (χ3n) is 3.13. The quantitative estimate of drug-likeness (QED) is 0.749. The van der Waals surface area contributed by atoms with Crippen LogP contribution in [0, 0.1) is 6.92 Å². The van der Waals surface area contributed by atoms with Crippen LogP contribution in [0.2, 0.25) is 0 Å². The van der Waals surface area contributed by atoms with Crippen LogP contribution in [-0.4, -0.2) is 15.9 Å². The maximum atomic E-state index is 12.1. The maximum Gasteiger partial charge on any atom is 0.230 e. The van der Waals surface area contributed by atoms with E-state index in [0.29, 0.717) is 0 Å². The first-order valence-electron chi connectivity index (χ1n) is 7.18. The lowest BCUT2D eigenvalue weighted by atomic mass is 10.2. The molecule has 0 unspecified atom stereocenters. The molecular formula is C17H16N4OS. The van der Waals surface area contributed by atoms with Gasteiger partial charge >= 0.3 is 0 Å². The summed E-state index contributed by atoms with van der Waals surface area (Å²) in [5.41, 5.74) is 2.69. The zero-order valence-electron chi connectivity index (χ0n) is 12.6. The minimum absolute atomic E-state index is 0.0801. The van der Waals surface area contributed by atoms with Gasteiger partial charge in [-0.25, -0.2) is 9.97 Å². The summed E-state index contributed by atoms with van der Waals surface area (Å²) in [6, 6.07) is 13.3. The van der Waals surface area contributed by atoms with Crippen LogP contribution in [0.5, 0.6) is 0 Å². The molecule has 0 saturated heterocycles. The lowest BCUT2D eigenvalue weighted by Crippen LogP contribution is -2.14. The molecule has 1 amide bonds. The molecule has 0 aliphatic carbocycles. The fraction of sp³-hybridized carbons (Fsp3) is 0.118. The largest absolute Gasteiger partial charge is 0.326 e. The molecule has 2 N–H and O–H groups in total. The van der Waals surface area contributed by atoms with Crippen molar-refractivity contribution < 1.29 is 4.79 Å². The van der Waals surface area contributed by atoms with Crippen molar-refractivity contribution in [2.75, 3.05) is 10.6 Å². The van der Waals surface area contributed by atoms with Gasteiger partial charge in [0.25, 0.3) is 0 Å². The second-order valence-corrected chi connectivity index (χ2v) is 5.93. The van der Waals surface area contributed by atoms with Gasteiger partial charge in [0, 0.05) is 17.3 Å². The number of amides is 1. The normalized spacial score (nSPS) is 10.3. The van der Waals surface area contributed by atoms with Crippen LogP contribution in [-0.2, 0) is 11.2 Å². The van der Waals surface area contributed by atoms with Gasteiger partial charge in [0.2, 0.25) is 5.91 Å². The fourth-order valence-electron chi connectivity index (χ4n) is 2.00. The average molecular weight is 324 g/mol. The molecule has 0 atom stereocenters. The van der Waals surface area contributed by atoms with Crippen molar-refractivity contribution >= 4 is 33.9 Å². The third-order valence-corrected chi connectivity index (χ3v) is 3.94. The summed E-state index contributed by atoms with van der Waals surface area (Å²) >= 11 is 1.45. The molecule has 0 fully saturated rings. The summed E-state index contributed by atoms with van der Waals surface area (Å²) in [6.07, 6.45) is 1.96. The number of nitrogens with one attached hydrogen (secondary N) is 2. The molecule has 3 rings (SSSR count). The molecule has 0 aliphatic heterocycles. The SMILES string of the molecule is Cc1ccc(NC(=O)Cc2csc(Nc3ccccn3)n2)cc1. The van der Waals surface area contributed by atoms with E-state index in [1.807, 2.05) is 54.8 Å². The Balaban J connectivity index is 1.58. The first-order chi connectivity index (χ1) is 11.2. The molecule has 6 heteroatoms. The molecule has 3 aromatic rings. The molecule has 23 heavy (non-hydrogen) atoms. The van der Waals surface area contributed by atoms with Gasteiger partial charge in [0.1, 0.15) is 5.82 Å². The number of pyridine rings is 1. The van der Waals surface area contributed by atoms with E-state index >= 15 is 0 Å². The number of rotatable bonds is 5. The van der Waals surface area contributed by atoms with E-state index in [1.54, 1.807) is 6.20 Å². The highest BCUT2D eigenvalue weighted by atomic mass is 32.1. The van der Waals surface area contributed by atoms with Crippen molar-refractivity contribution in [3.63, 3.8) is 0 Å². The minimum Gasteiger partial charge on any atom is -0.326 e. The van der Waals surface area contributed by atoms with Crippen molar-refractivity contribution in [3.05, 3.63) is 65.3 Å². The highest BCUT2D eigenvalue weighted by molar-refractivity contribution is 7.13. The molecule has 0 radical (unpaired) electrons. The van der Waals surface area contributed by atoms with Crippen LogP contribution < -0.4 is 10.6 Å². The molecule has 5 nitrogen and oxygen atoms in total. The smallest absolute Gasteiger partial charge is 0.230 e. The van der Waals surface area contributed by atoms with E-state index in [2.05, 4.69) is 20.6 Å². The van der Waals surface area contributed by atoms with Gasteiger partial charge in [0.15, 0.2) is 5.13 Å². The minimum atomic E-state index is -0.0801. The van der Waals surface area contributed by atoms with Gasteiger partial charge in [0.05, 0.1) is 12.1 Å². The molecule has 0 bridgehead atoms. The number of benzene rings is 1. The van der Waals surface area contributed by atoms with E-state index in [9.17, 15) is 4.79 Å². The highest BCUT2D eigenvalue weighted by Crippen LogP contribution is 2.20. The Bertz CT molecular complexity index is 784. The Morgan fingerprint density at radius 2 is 2.00 bits per heavy atom. The number of aryl methyl sites for hydroxylation is 1. The fourth-order valence-corrected chi connectivity index (χ4v) is 2.72. The van der Waals surface area contributed by atoms with E-state index in [4.69, 9.17) is 0 Å². The Morgan fingerprint density at radius 1 is 1.17 bits per heavy atom. The summed E-state index contributed by atoms with van der Waals surface area (Å²) < 4.78 is 0. The van der Waals surface area contributed by atoms with E-state index in [-0.39, 0.29) is 12.3 Å². The van der Waals surface area contributed by atoms with Crippen molar-refractivity contribution in [1.29, 1.82) is 0 Å². The van der Waals surface area contributed by atoms with Crippen molar-refractivity contribution in [1.82, 2.24) is 9.97 Å². The van der Waals surface area contributed by atoms with Crippen molar-refractivity contribution in [2.45, 2.75) is 13.3 Å². The van der Waals surface area contributed by atoms with Gasteiger partial charge in [-0.05, 0) is 31.2 Å². The first-order valence-corrected chi connectivity index (χ1v) is 8.06. The second kappa shape index (κ2) is 7.02. The predicted molar refractivity (Wildman–Crippen MR) is 93.1 cm³/mol. The zero-order valence-corrected chi connectivity index (χ0v) is 13.4. The van der Waals surface area contributed by atoms with Gasteiger partial charge < -0.3 is 10.6 Å².